The summed E-state index contributed by atoms with van der Waals surface area (Å²) in [5.74, 6) is -0.484. The van der Waals surface area contributed by atoms with Gasteiger partial charge in [-0.05, 0) is 25.0 Å². The Labute approximate surface area is 116 Å². The summed E-state index contributed by atoms with van der Waals surface area (Å²) >= 11 is 0. The van der Waals surface area contributed by atoms with Gasteiger partial charge in [-0.1, -0.05) is 6.92 Å². The van der Waals surface area contributed by atoms with Crippen LogP contribution < -0.4 is 5.32 Å². The molecule has 110 valence electrons. The maximum absolute atomic E-state index is 12.1. The number of amides is 1. The topological polar surface area (TPSA) is 113 Å². The van der Waals surface area contributed by atoms with E-state index in [0.29, 0.717) is 12.0 Å². The van der Waals surface area contributed by atoms with E-state index in [4.69, 9.17) is 0 Å². The third-order valence-electron chi connectivity index (χ3n) is 3.33. The monoisotopic (exact) mass is 282 g/mol. The average Bonchev–Trinajstić information content (AvgIpc) is 2.44. The van der Waals surface area contributed by atoms with Crippen LogP contribution in [-0.2, 0) is 0 Å². The Morgan fingerprint density at radius 2 is 2.00 bits per heavy atom. The van der Waals surface area contributed by atoms with Crippen LogP contribution in [0, 0.1) is 17.0 Å². The number of nitro benzene ring substituents is 1. The molecular weight excluding hydrogens is 264 g/mol. The number of benzene rings is 1. The highest BCUT2D eigenvalue weighted by Crippen LogP contribution is 2.18. The first kappa shape index (κ1) is 16.1. The van der Waals surface area contributed by atoms with Crippen LogP contribution in [0.2, 0.25) is 0 Å². The third kappa shape index (κ3) is 3.31. The van der Waals surface area contributed by atoms with Crippen molar-refractivity contribution in [3.05, 3.63) is 39.4 Å². The van der Waals surface area contributed by atoms with E-state index >= 15 is 0 Å². The molecular formula is C13H18N2O5. The average molecular weight is 282 g/mol. The second-order valence-corrected chi connectivity index (χ2v) is 4.66. The van der Waals surface area contributed by atoms with Gasteiger partial charge in [0.05, 0.1) is 23.7 Å². The fourth-order valence-corrected chi connectivity index (χ4v) is 1.77. The molecule has 3 N–H and O–H groups in total. The fraction of sp³-hybridized carbons (Fsp3) is 0.462. The molecule has 0 atom stereocenters. The number of nitro groups is 1. The van der Waals surface area contributed by atoms with Crippen LogP contribution >= 0.6 is 0 Å². The highest BCUT2D eigenvalue weighted by molar-refractivity contribution is 5.96. The lowest BCUT2D eigenvalue weighted by Crippen LogP contribution is -2.53. The second kappa shape index (κ2) is 6.44. The summed E-state index contributed by atoms with van der Waals surface area (Å²) in [4.78, 5) is 22.2. The molecule has 7 nitrogen and oxygen atoms in total. The number of aliphatic hydroxyl groups is 2. The number of carbonyl (C=O) groups is 1. The molecule has 0 aliphatic carbocycles. The van der Waals surface area contributed by atoms with Crippen molar-refractivity contribution in [2.75, 3.05) is 13.2 Å². The molecule has 0 aliphatic heterocycles. The van der Waals surface area contributed by atoms with Crippen LogP contribution in [0.15, 0.2) is 18.2 Å². The molecule has 0 saturated carbocycles. The van der Waals surface area contributed by atoms with Crippen molar-refractivity contribution in [2.45, 2.75) is 25.8 Å². The van der Waals surface area contributed by atoms with Gasteiger partial charge >= 0.3 is 0 Å². The highest BCUT2D eigenvalue weighted by Gasteiger charge is 2.29. The Hall–Kier alpha value is -1.99. The number of nitrogens with one attached hydrogen (secondary N) is 1. The number of carbonyl (C=O) groups excluding carboxylic acids is 1. The molecule has 1 amide bonds. The lowest BCUT2D eigenvalue weighted by molar-refractivity contribution is -0.384. The van der Waals surface area contributed by atoms with E-state index in [1.807, 2.05) is 0 Å². The van der Waals surface area contributed by atoms with Gasteiger partial charge in [-0.25, -0.2) is 0 Å². The van der Waals surface area contributed by atoms with Crippen molar-refractivity contribution in [2.24, 2.45) is 0 Å². The quantitative estimate of drug-likeness (QED) is 0.527. The van der Waals surface area contributed by atoms with E-state index < -0.39 is 29.6 Å². The van der Waals surface area contributed by atoms with Crippen molar-refractivity contribution in [3.8, 4) is 0 Å². The van der Waals surface area contributed by atoms with E-state index in [0.717, 1.165) is 0 Å². The zero-order chi connectivity index (χ0) is 15.3. The molecule has 0 bridgehead atoms. The van der Waals surface area contributed by atoms with Crippen LogP contribution in [0.1, 0.15) is 29.3 Å². The first-order valence-electron chi connectivity index (χ1n) is 6.18. The van der Waals surface area contributed by atoms with Crippen LogP contribution in [0.4, 0.5) is 5.69 Å². The minimum absolute atomic E-state index is 0.0925. The molecule has 1 rings (SSSR count). The molecule has 1 aromatic carbocycles. The van der Waals surface area contributed by atoms with Crippen molar-refractivity contribution in [1.29, 1.82) is 0 Å². The van der Waals surface area contributed by atoms with Gasteiger partial charge in [-0.2, -0.15) is 0 Å². The van der Waals surface area contributed by atoms with Gasteiger partial charge < -0.3 is 15.5 Å². The number of nitrogens with zero attached hydrogens (tertiary/aromatic N) is 1. The predicted octanol–water partition coefficient (Wildman–Crippen LogP) is 0.766. The summed E-state index contributed by atoms with van der Waals surface area (Å²) < 4.78 is 0. The van der Waals surface area contributed by atoms with Gasteiger partial charge in [0.25, 0.3) is 11.6 Å². The van der Waals surface area contributed by atoms with Gasteiger partial charge in [0, 0.05) is 17.7 Å². The Kier molecular flexibility index (Phi) is 5.18. The van der Waals surface area contributed by atoms with Gasteiger partial charge in [-0.15, -0.1) is 0 Å². The summed E-state index contributed by atoms with van der Waals surface area (Å²) in [5.41, 5.74) is -0.455. The van der Waals surface area contributed by atoms with Crippen LogP contribution in [0.3, 0.4) is 0 Å². The molecule has 0 saturated heterocycles. The van der Waals surface area contributed by atoms with Crippen LogP contribution in [0.5, 0.6) is 0 Å². The van der Waals surface area contributed by atoms with Crippen LogP contribution in [-0.4, -0.2) is 39.8 Å². The molecule has 20 heavy (non-hydrogen) atoms. The largest absolute Gasteiger partial charge is 0.394 e. The molecule has 0 aliphatic rings. The van der Waals surface area contributed by atoms with Gasteiger partial charge in [0.1, 0.15) is 0 Å². The van der Waals surface area contributed by atoms with Crippen molar-refractivity contribution in [1.82, 2.24) is 5.32 Å². The molecule has 1 aromatic rings. The molecule has 0 aromatic heterocycles. The standard InChI is InChI=1S/C13H18N2O5/c1-3-13(7-16,8-17)14-12(18)11-5-4-10(15(19)20)6-9(11)2/h4-6,16-17H,3,7-8H2,1-2H3,(H,14,18). The minimum Gasteiger partial charge on any atom is -0.394 e. The van der Waals surface area contributed by atoms with Gasteiger partial charge in [0.2, 0.25) is 0 Å². The second-order valence-electron chi connectivity index (χ2n) is 4.66. The Balaban J connectivity index is 3.01. The first-order valence-corrected chi connectivity index (χ1v) is 6.18. The molecule has 0 heterocycles. The number of hydrogen-bond donors (Lipinski definition) is 3. The Bertz CT molecular complexity index is 503. The Morgan fingerprint density at radius 1 is 1.40 bits per heavy atom. The number of aryl methyl sites for hydroxylation is 1. The fourth-order valence-electron chi connectivity index (χ4n) is 1.77. The van der Waals surface area contributed by atoms with E-state index in [-0.39, 0.29) is 11.3 Å². The summed E-state index contributed by atoms with van der Waals surface area (Å²) in [6, 6.07) is 3.91. The van der Waals surface area contributed by atoms with Gasteiger partial charge in [0.15, 0.2) is 0 Å². The summed E-state index contributed by atoms with van der Waals surface area (Å²) in [7, 11) is 0. The SMILES string of the molecule is CCC(CO)(CO)NC(=O)c1ccc([N+](=O)[O-])cc1C. The number of aliphatic hydroxyl groups excluding tert-OH is 2. The molecule has 0 radical (unpaired) electrons. The molecule has 0 fully saturated rings. The summed E-state index contributed by atoms with van der Waals surface area (Å²) in [5, 5.41) is 31.8. The molecule has 7 heteroatoms. The van der Waals surface area contributed by atoms with E-state index in [2.05, 4.69) is 5.32 Å². The van der Waals surface area contributed by atoms with E-state index in [9.17, 15) is 25.1 Å². The normalized spacial score (nSPS) is 11.2. The highest BCUT2D eigenvalue weighted by atomic mass is 16.6. The lowest BCUT2D eigenvalue weighted by atomic mass is 9.97. The van der Waals surface area contributed by atoms with Crippen molar-refractivity contribution < 1.29 is 19.9 Å². The molecule has 0 unspecified atom stereocenters. The zero-order valence-electron chi connectivity index (χ0n) is 11.4. The lowest BCUT2D eigenvalue weighted by Gasteiger charge is -2.29. The maximum atomic E-state index is 12.1. The maximum Gasteiger partial charge on any atom is 0.269 e. The minimum atomic E-state index is -1.09. The first-order chi connectivity index (χ1) is 9.39. The van der Waals surface area contributed by atoms with Crippen molar-refractivity contribution in [3.63, 3.8) is 0 Å². The third-order valence-corrected chi connectivity index (χ3v) is 3.33. The summed E-state index contributed by atoms with van der Waals surface area (Å²) in [6.45, 7) is 2.54. The predicted molar refractivity (Wildman–Crippen MR) is 72.5 cm³/mol. The van der Waals surface area contributed by atoms with Gasteiger partial charge in [-0.3, -0.25) is 14.9 Å². The number of hydrogen-bond acceptors (Lipinski definition) is 5. The smallest absolute Gasteiger partial charge is 0.269 e. The number of non-ortho nitro benzene ring substituents is 1. The zero-order valence-corrected chi connectivity index (χ0v) is 11.4. The van der Waals surface area contributed by atoms with Crippen LogP contribution in [0.25, 0.3) is 0 Å². The molecule has 0 spiro atoms. The summed E-state index contributed by atoms with van der Waals surface area (Å²) in [6.07, 6.45) is 0.359. The Morgan fingerprint density at radius 3 is 2.40 bits per heavy atom. The number of rotatable bonds is 6. The van der Waals surface area contributed by atoms with E-state index in [1.165, 1.54) is 18.2 Å². The van der Waals surface area contributed by atoms with E-state index in [1.54, 1.807) is 13.8 Å². The van der Waals surface area contributed by atoms with Crippen molar-refractivity contribution >= 4 is 11.6 Å².